The number of hydrogen-bond donors (Lipinski definition) is 2. The molecule has 8 heteroatoms. The zero-order valence-corrected chi connectivity index (χ0v) is 13.9. The van der Waals surface area contributed by atoms with Gasteiger partial charge < -0.3 is 15.8 Å². The van der Waals surface area contributed by atoms with Crippen LogP contribution in [0.5, 0.6) is 5.75 Å². The highest BCUT2D eigenvalue weighted by Crippen LogP contribution is 2.33. The molecule has 0 saturated heterocycles. The smallest absolute Gasteiger partial charge is 0.262 e. The number of ether oxygens (including phenoxy) is 1. The second-order valence-electron chi connectivity index (χ2n) is 4.48. The van der Waals surface area contributed by atoms with E-state index in [4.69, 9.17) is 45.3 Å². The number of anilines is 1. The second-order valence-corrected chi connectivity index (χ2v) is 5.70. The Bertz CT molecular complexity index is 766. The van der Waals surface area contributed by atoms with E-state index in [2.05, 4.69) is 5.32 Å². The Morgan fingerprint density at radius 3 is 2.43 bits per heavy atom. The number of nitrogens with one attached hydrogen (secondary N) is 1. The molecule has 0 aliphatic rings. The summed E-state index contributed by atoms with van der Waals surface area (Å²) in [5, 5.41) is 3.37. The Morgan fingerprint density at radius 1 is 1.04 bits per heavy atom. The zero-order chi connectivity index (χ0) is 17.0. The average Bonchev–Trinajstić information content (AvgIpc) is 2.50. The molecule has 23 heavy (non-hydrogen) atoms. The van der Waals surface area contributed by atoms with Gasteiger partial charge in [0.15, 0.2) is 6.61 Å². The molecule has 0 aromatic heterocycles. The summed E-state index contributed by atoms with van der Waals surface area (Å²) in [5.41, 5.74) is 5.89. The highest BCUT2D eigenvalue weighted by molar-refractivity contribution is 6.43. The second kappa shape index (κ2) is 7.55. The van der Waals surface area contributed by atoms with Gasteiger partial charge in [0.05, 0.1) is 15.1 Å². The van der Waals surface area contributed by atoms with Crippen molar-refractivity contribution in [1.82, 2.24) is 0 Å². The predicted molar refractivity (Wildman–Crippen MR) is 90.6 cm³/mol. The van der Waals surface area contributed by atoms with Gasteiger partial charge in [-0.05, 0) is 24.3 Å². The molecule has 2 amide bonds. The molecule has 2 aromatic rings. The van der Waals surface area contributed by atoms with Crippen molar-refractivity contribution in [2.45, 2.75) is 0 Å². The summed E-state index contributed by atoms with van der Waals surface area (Å²) in [6, 6.07) is 9.08. The molecule has 120 valence electrons. The number of carbonyl (C=O) groups excluding carboxylic acids is 2. The van der Waals surface area contributed by atoms with Gasteiger partial charge in [-0.25, -0.2) is 0 Å². The molecule has 0 spiro atoms. The van der Waals surface area contributed by atoms with Gasteiger partial charge in [0.2, 0.25) is 5.91 Å². The number of hydrogen-bond acceptors (Lipinski definition) is 3. The zero-order valence-electron chi connectivity index (χ0n) is 11.6. The maximum Gasteiger partial charge on any atom is 0.262 e. The van der Waals surface area contributed by atoms with Crippen LogP contribution in [0.15, 0.2) is 36.4 Å². The third-order valence-electron chi connectivity index (χ3n) is 2.76. The van der Waals surface area contributed by atoms with Crippen LogP contribution in [0.1, 0.15) is 10.4 Å². The third kappa shape index (κ3) is 4.76. The van der Waals surface area contributed by atoms with Crippen LogP contribution in [-0.2, 0) is 4.79 Å². The minimum atomic E-state index is -0.583. The number of benzene rings is 2. The van der Waals surface area contributed by atoms with Gasteiger partial charge in [0.25, 0.3) is 5.91 Å². The maximum atomic E-state index is 11.9. The lowest BCUT2D eigenvalue weighted by atomic mass is 10.2. The number of halogens is 3. The topological polar surface area (TPSA) is 81.4 Å². The molecule has 3 N–H and O–H groups in total. The molecular weight excluding hydrogens is 363 g/mol. The SMILES string of the molecule is NC(=O)c1cccc(NC(=O)COc2cc(Cl)c(Cl)cc2Cl)c1. The standard InChI is InChI=1S/C15H11Cl3N2O3/c16-10-5-12(18)13(6-11(10)17)23-7-14(21)20-9-3-1-2-8(4-9)15(19)22/h1-6H,7H2,(H2,19,22)(H,20,21). The summed E-state index contributed by atoms with van der Waals surface area (Å²) in [5.74, 6) is -0.782. The van der Waals surface area contributed by atoms with Crippen molar-refractivity contribution >= 4 is 52.3 Å². The highest BCUT2D eigenvalue weighted by atomic mass is 35.5. The quantitative estimate of drug-likeness (QED) is 0.783. The Balaban J connectivity index is 1.99. The Kier molecular flexibility index (Phi) is 5.71. The van der Waals surface area contributed by atoms with E-state index in [-0.39, 0.29) is 33.0 Å². The molecule has 0 aliphatic carbocycles. The highest BCUT2D eigenvalue weighted by Gasteiger charge is 2.10. The molecule has 0 atom stereocenters. The van der Waals surface area contributed by atoms with Gasteiger partial charge in [-0.15, -0.1) is 0 Å². The van der Waals surface area contributed by atoms with Crippen LogP contribution in [-0.4, -0.2) is 18.4 Å². The van der Waals surface area contributed by atoms with Crippen molar-refractivity contribution in [3.63, 3.8) is 0 Å². The van der Waals surface area contributed by atoms with Crippen LogP contribution in [0, 0.1) is 0 Å². The normalized spacial score (nSPS) is 10.2. The van der Waals surface area contributed by atoms with Crippen LogP contribution in [0.3, 0.4) is 0 Å². The first-order valence-electron chi connectivity index (χ1n) is 6.34. The molecule has 0 unspecified atom stereocenters. The van der Waals surface area contributed by atoms with E-state index in [1.807, 2.05) is 0 Å². The van der Waals surface area contributed by atoms with Gasteiger partial charge in [0.1, 0.15) is 5.75 Å². The Labute approximate surface area is 147 Å². The van der Waals surface area contributed by atoms with Gasteiger partial charge in [0, 0.05) is 17.3 Å². The predicted octanol–water partition coefficient (Wildman–Crippen LogP) is 3.76. The summed E-state index contributed by atoms with van der Waals surface area (Å²) in [7, 11) is 0. The van der Waals surface area contributed by atoms with E-state index in [1.54, 1.807) is 18.2 Å². The first-order valence-corrected chi connectivity index (χ1v) is 7.47. The first kappa shape index (κ1) is 17.4. The summed E-state index contributed by atoms with van der Waals surface area (Å²) < 4.78 is 5.31. The first-order chi connectivity index (χ1) is 10.9. The minimum absolute atomic E-state index is 0.238. The number of carbonyl (C=O) groups is 2. The molecule has 0 fully saturated rings. The van der Waals surface area contributed by atoms with Crippen molar-refractivity contribution in [1.29, 1.82) is 0 Å². The molecule has 0 bridgehead atoms. The van der Waals surface area contributed by atoms with Gasteiger partial charge in [-0.3, -0.25) is 9.59 Å². The lowest BCUT2D eigenvalue weighted by Crippen LogP contribution is -2.20. The Morgan fingerprint density at radius 2 is 1.74 bits per heavy atom. The van der Waals surface area contributed by atoms with Crippen molar-refractivity contribution in [2.75, 3.05) is 11.9 Å². The monoisotopic (exact) mass is 372 g/mol. The minimum Gasteiger partial charge on any atom is -0.482 e. The molecule has 0 aliphatic heterocycles. The van der Waals surface area contributed by atoms with E-state index >= 15 is 0 Å². The van der Waals surface area contributed by atoms with Crippen molar-refractivity contribution in [2.24, 2.45) is 5.73 Å². The van der Waals surface area contributed by atoms with Crippen LogP contribution >= 0.6 is 34.8 Å². The van der Waals surface area contributed by atoms with Crippen molar-refractivity contribution in [3.05, 3.63) is 57.0 Å². The lowest BCUT2D eigenvalue weighted by Gasteiger charge is -2.10. The number of rotatable bonds is 5. The molecule has 0 heterocycles. The fourth-order valence-electron chi connectivity index (χ4n) is 1.71. The number of amides is 2. The van der Waals surface area contributed by atoms with E-state index in [0.717, 1.165) is 0 Å². The van der Waals surface area contributed by atoms with E-state index in [9.17, 15) is 9.59 Å². The fourth-order valence-corrected chi connectivity index (χ4v) is 2.30. The summed E-state index contributed by atoms with van der Waals surface area (Å²) in [6.45, 7) is -0.293. The number of nitrogens with two attached hydrogens (primary N) is 1. The number of primary amides is 1. The average molecular weight is 374 g/mol. The lowest BCUT2D eigenvalue weighted by molar-refractivity contribution is -0.118. The van der Waals surface area contributed by atoms with Crippen molar-refractivity contribution in [3.8, 4) is 5.75 Å². The molecule has 5 nitrogen and oxygen atoms in total. The van der Waals surface area contributed by atoms with E-state index < -0.39 is 11.8 Å². The van der Waals surface area contributed by atoms with Crippen LogP contribution < -0.4 is 15.8 Å². The molecule has 0 radical (unpaired) electrons. The third-order valence-corrected chi connectivity index (χ3v) is 3.78. The van der Waals surface area contributed by atoms with Gasteiger partial charge >= 0.3 is 0 Å². The Hall–Kier alpha value is -1.95. The molecular formula is C15H11Cl3N2O3. The maximum absolute atomic E-state index is 11.9. The van der Waals surface area contributed by atoms with Gasteiger partial charge in [-0.2, -0.15) is 0 Å². The van der Waals surface area contributed by atoms with Crippen LogP contribution in [0.4, 0.5) is 5.69 Å². The summed E-state index contributed by atoms with van der Waals surface area (Å²) >= 11 is 17.6. The molecule has 2 aromatic carbocycles. The molecule has 2 rings (SSSR count). The van der Waals surface area contributed by atoms with Gasteiger partial charge in [-0.1, -0.05) is 40.9 Å². The van der Waals surface area contributed by atoms with E-state index in [0.29, 0.717) is 5.69 Å². The van der Waals surface area contributed by atoms with E-state index in [1.165, 1.54) is 18.2 Å². The molecule has 0 saturated carbocycles. The fraction of sp³-hybridized carbons (Fsp3) is 0.0667. The van der Waals surface area contributed by atoms with Crippen molar-refractivity contribution < 1.29 is 14.3 Å². The van der Waals surface area contributed by atoms with Crippen LogP contribution in [0.25, 0.3) is 0 Å². The summed E-state index contributed by atoms with van der Waals surface area (Å²) in [6.07, 6.45) is 0. The largest absolute Gasteiger partial charge is 0.482 e. The van der Waals surface area contributed by atoms with Crippen LogP contribution in [0.2, 0.25) is 15.1 Å². The summed E-state index contributed by atoms with van der Waals surface area (Å²) in [4.78, 5) is 23.0.